The van der Waals surface area contributed by atoms with Gasteiger partial charge in [-0.1, -0.05) is 36.4 Å². The zero-order chi connectivity index (χ0) is 14.9. The van der Waals surface area contributed by atoms with Crippen LogP contribution < -0.4 is 10.8 Å². The van der Waals surface area contributed by atoms with Crippen LogP contribution in [0.3, 0.4) is 0 Å². The monoisotopic (exact) mass is 290 g/mol. The SMILES string of the molecule is C=CCON[C@@H]1CC[C@@H](C(=O)OCc2ccccc2)NC1. The number of carbonyl (C=O) groups is 1. The third kappa shape index (κ3) is 5.30. The van der Waals surface area contributed by atoms with Crippen molar-refractivity contribution >= 4 is 5.97 Å². The maximum absolute atomic E-state index is 12.0. The zero-order valence-electron chi connectivity index (χ0n) is 12.1. The van der Waals surface area contributed by atoms with Gasteiger partial charge in [-0.3, -0.25) is 9.63 Å². The van der Waals surface area contributed by atoms with Crippen molar-refractivity contribution in [2.75, 3.05) is 13.2 Å². The second-order valence-electron chi connectivity index (χ2n) is 5.05. The summed E-state index contributed by atoms with van der Waals surface area (Å²) in [6.07, 6.45) is 3.30. The van der Waals surface area contributed by atoms with E-state index in [1.165, 1.54) is 0 Å². The minimum absolute atomic E-state index is 0.190. The highest BCUT2D eigenvalue weighted by Gasteiger charge is 2.26. The molecule has 0 bridgehead atoms. The van der Waals surface area contributed by atoms with Crippen LogP contribution in [0.1, 0.15) is 18.4 Å². The lowest BCUT2D eigenvalue weighted by Crippen LogP contribution is -2.51. The van der Waals surface area contributed by atoms with E-state index in [-0.39, 0.29) is 18.1 Å². The van der Waals surface area contributed by atoms with Crippen LogP contribution in [0.2, 0.25) is 0 Å². The number of esters is 1. The summed E-state index contributed by atoms with van der Waals surface area (Å²) in [5.74, 6) is -0.190. The van der Waals surface area contributed by atoms with E-state index in [2.05, 4.69) is 17.4 Å². The van der Waals surface area contributed by atoms with Crippen molar-refractivity contribution in [1.82, 2.24) is 10.8 Å². The first-order chi connectivity index (χ1) is 10.3. The van der Waals surface area contributed by atoms with E-state index in [4.69, 9.17) is 9.57 Å². The van der Waals surface area contributed by atoms with Crippen LogP contribution in [-0.4, -0.2) is 31.2 Å². The van der Waals surface area contributed by atoms with Crippen LogP contribution in [0.15, 0.2) is 43.0 Å². The summed E-state index contributed by atoms with van der Waals surface area (Å²) in [6.45, 7) is 5.06. The standard InChI is InChI=1S/C16H22N2O3/c1-2-10-21-18-14-8-9-15(17-11-14)16(19)20-12-13-6-4-3-5-7-13/h2-7,14-15,17-18H,1,8-12H2/t14-,15+/m1/s1. The third-order valence-electron chi connectivity index (χ3n) is 3.37. The van der Waals surface area contributed by atoms with Crippen molar-refractivity contribution in [2.45, 2.75) is 31.5 Å². The molecule has 1 aromatic carbocycles. The Bertz CT molecular complexity index is 442. The van der Waals surface area contributed by atoms with E-state index in [9.17, 15) is 4.79 Å². The fraction of sp³-hybridized carbons (Fsp3) is 0.438. The van der Waals surface area contributed by atoms with Crippen LogP contribution in [0.4, 0.5) is 0 Å². The molecule has 1 heterocycles. The summed E-state index contributed by atoms with van der Waals surface area (Å²) in [6, 6.07) is 9.67. The van der Waals surface area contributed by atoms with Gasteiger partial charge in [-0.15, -0.1) is 6.58 Å². The molecule has 0 radical (unpaired) electrons. The Morgan fingerprint density at radius 2 is 2.19 bits per heavy atom. The summed E-state index contributed by atoms with van der Waals surface area (Å²) in [7, 11) is 0. The number of rotatable bonds is 7. The normalized spacial score (nSPS) is 21.7. The van der Waals surface area contributed by atoms with Crippen molar-refractivity contribution < 1.29 is 14.4 Å². The average Bonchev–Trinajstić information content (AvgIpc) is 2.54. The number of hydrogen-bond acceptors (Lipinski definition) is 5. The van der Waals surface area contributed by atoms with Gasteiger partial charge in [-0.05, 0) is 18.4 Å². The molecule has 0 spiro atoms. The first kappa shape index (κ1) is 15.7. The molecule has 0 unspecified atom stereocenters. The van der Waals surface area contributed by atoms with Crippen LogP contribution in [0.25, 0.3) is 0 Å². The lowest BCUT2D eigenvalue weighted by atomic mass is 10.0. The highest BCUT2D eigenvalue weighted by Crippen LogP contribution is 2.11. The van der Waals surface area contributed by atoms with Gasteiger partial charge in [0.05, 0.1) is 6.61 Å². The summed E-state index contributed by atoms with van der Waals surface area (Å²) in [5.41, 5.74) is 3.95. The van der Waals surface area contributed by atoms with E-state index in [1.807, 2.05) is 30.3 Å². The number of hydrogen-bond donors (Lipinski definition) is 2. The number of benzene rings is 1. The van der Waals surface area contributed by atoms with Crippen molar-refractivity contribution in [3.63, 3.8) is 0 Å². The predicted octanol–water partition coefficient (Wildman–Crippen LogP) is 1.56. The Hall–Kier alpha value is -1.69. The van der Waals surface area contributed by atoms with Gasteiger partial charge in [0.25, 0.3) is 0 Å². The summed E-state index contributed by atoms with van der Waals surface area (Å²) in [5, 5.41) is 3.19. The van der Waals surface area contributed by atoms with Crippen molar-refractivity contribution in [2.24, 2.45) is 0 Å². The molecular formula is C16H22N2O3. The second kappa shape index (κ2) is 8.56. The van der Waals surface area contributed by atoms with Gasteiger partial charge in [-0.25, -0.2) is 0 Å². The van der Waals surface area contributed by atoms with Crippen molar-refractivity contribution in [3.8, 4) is 0 Å². The van der Waals surface area contributed by atoms with Gasteiger partial charge in [0.1, 0.15) is 12.6 Å². The fourth-order valence-corrected chi connectivity index (χ4v) is 2.21. The summed E-state index contributed by atoms with van der Waals surface area (Å²) in [4.78, 5) is 17.2. The Balaban J connectivity index is 1.67. The van der Waals surface area contributed by atoms with Crippen LogP contribution in [-0.2, 0) is 21.0 Å². The Morgan fingerprint density at radius 1 is 1.38 bits per heavy atom. The molecular weight excluding hydrogens is 268 g/mol. The molecule has 0 saturated carbocycles. The van der Waals surface area contributed by atoms with E-state index < -0.39 is 0 Å². The minimum atomic E-state index is -0.230. The highest BCUT2D eigenvalue weighted by atomic mass is 16.6. The number of carbonyl (C=O) groups excluding carboxylic acids is 1. The van der Waals surface area contributed by atoms with Crippen LogP contribution in [0.5, 0.6) is 0 Å². The molecule has 21 heavy (non-hydrogen) atoms. The molecule has 0 amide bonds. The van der Waals surface area contributed by atoms with Crippen molar-refractivity contribution in [1.29, 1.82) is 0 Å². The number of ether oxygens (including phenoxy) is 1. The molecule has 2 rings (SSSR count). The zero-order valence-corrected chi connectivity index (χ0v) is 12.1. The van der Waals surface area contributed by atoms with E-state index in [0.29, 0.717) is 19.8 Å². The Kier molecular flexibility index (Phi) is 6.40. The molecule has 2 N–H and O–H groups in total. The largest absolute Gasteiger partial charge is 0.460 e. The van der Waals surface area contributed by atoms with E-state index in [0.717, 1.165) is 18.4 Å². The van der Waals surface area contributed by atoms with Crippen molar-refractivity contribution in [3.05, 3.63) is 48.6 Å². The summed E-state index contributed by atoms with van der Waals surface area (Å²) >= 11 is 0. The van der Waals surface area contributed by atoms with Gasteiger partial charge in [-0.2, -0.15) is 5.48 Å². The van der Waals surface area contributed by atoms with Gasteiger partial charge in [0, 0.05) is 12.6 Å². The quantitative estimate of drug-likeness (QED) is 0.345. The smallest absolute Gasteiger partial charge is 0.323 e. The lowest BCUT2D eigenvalue weighted by Gasteiger charge is -2.28. The number of nitrogens with one attached hydrogen (secondary N) is 2. The predicted molar refractivity (Wildman–Crippen MR) is 80.3 cm³/mol. The van der Waals surface area contributed by atoms with Gasteiger partial charge >= 0.3 is 5.97 Å². The molecule has 5 nitrogen and oxygen atoms in total. The maximum Gasteiger partial charge on any atom is 0.323 e. The summed E-state index contributed by atoms with van der Waals surface area (Å²) < 4.78 is 5.33. The Morgan fingerprint density at radius 3 is 2.86 bits per heavy atom. The third-order valence-corrected chi connectivity index (χ3v) is 3.37. The van der Waals surface area contributed by atoms with Gasteiger partial charge < -0.3 is 10.1 Å². The van der Waals surface area contributed by atoms with Crippen LogP contribution in [0, 0.1) is 0 Å². The van der Waals surface area contributed by atoms with E-state index >= 15 is 0 Å². The molecule has 1 aliphatic rings. The number of hydroxylamine groups is 1. The molecule has 1 fully saturated rings. The molecule has 1 aromatic rings. The topological polar surface area (TPSA) is 59.6 Å². The molecule has 5 heteroatoms. The lowest BCUT2D eigenvalue weighted by molar-refractivity contribution is -0.148. The Labute approximate surface area is 125 Å². The molecule has 0 aromatic heterocycles. The van der Waals surface area contributed by atoms with Crippen LogP contribution >= 0.6 is 0 Å². The number of piperidine rings is 1. The second-order valence-corrected chi connectivity index (χ2v) is 5.05. The fourth-order valence-electron chi connectivity index (χ4n) is 2.21. The average molecular weight is 290 g/mol. The maximum atomic E-state index is 12.0. The van der Waals surface area contributed by atoms with Gasteiger partial charge in [0.2, 0.25) is 0 Å². The highest BCUT2D eigenvalue weighted by molar-refractivity contribution is 5.75. The molecule has 114 valence electrons. The van der Waals surface area contributed by atoms with E-state index in [1.54, 1.807) is 6.08 Å². The molecule has 2 atom stereocenters. The molecule has 0 aliphatic carbocycles. The minimum Gasteiger partial charge on any atom is -0.460 e. The molecule has 1 aliphatic heterocycles. The first-order valence-electron chi connectivity index (χ1n) is 7.21. The van der Waals surface area contributed by atoms with Gasteiger partial charge in [0.15, 0.2) is 0 Å². The molecule has 1 saturated heterocycles. The first-order valence-corrected chi connectivity index (χ1v) is 7.21.